The minimum Gasteiger partial charge on any atom is -0.314 e. The molecule has 3 rings (SSSR count). The normalized spacial score (nSPS) is 21.1. The average molecular weight is 384 g/mol. The lowest BCUT2D eigenvalue weighted by Crippen LogP contribution is -2.47. The Kier molecular flexibility index (Phi) is 9.17. The number of rotatable bonds is 3. The van der Waals surface area contributed by atoms with E-state index in [0.29, 0.717) is 17.0 Å². The maximum atomic E-state index is 13.4. The van der Waals surface area contributed by atoms with Gasteiger partial charge in [-0.15, -0.1) is 24.8 Å². The van der Waals surface area contributed by atoms with E-state index in [-0.39, 0.29) is 30.6 Å². The van der Waals surface area contributed by atoms with Crippen LogP contribution in [-0.2, 0) is 0 Å². The molecule has 1 N–H and O–H groups in total. The third-order valence-electron chi connectivity index (χ3n) is 4.92. The number of hydrogen-bond acceptors (Lipinski definition) is 2. The lowest BCUT2D eigenvalue weighted by atomic mass is 9.80. The molecule has 1 aromatic rings. The molecule has 0 radical (unpaired) electrons. The van der Waals surface area contributed by atoms with Gasteiger partial charge in [-0.3, -0.25) is 4.90 Å². The molecule has 2 fully saturated rings. The summed E-state index contributed by atoms with van der Waals surface area (Å²) in [5, 5.41) is 4.00. The topological polar surface area (TPSA) is 15.3 Å². The van der Waals surface area contributed by atoms with E-state index >= 15 is 0 Å². The maximum absolute atomic E-state index is 13.4. The van der Waals surface area contributed by atoms with Crippen LogP contribution in [0.1, 0.15) is 43.7 Å². The Morgan fingerprint density at radius 2 is 1.74 bits per heavy atom. The Bertz CT molecular complexity index is 457. The summed E-state index contributed by atoms with van der Waals surface area (Å²) in [6, 6.07) is 5.27. The van der Waals surface area contributed by atoms with Crippen LogP contribution in [0.15, 0.2) is 18.2 Å². The monoisotopic (exact) mass is 382 g/mol. The minimum atomic E-state index is -0.244. The molecule has 0 spiro atoms. The van der Waals surface area contributed by atoms with Crippen LogP contribution in [0.25, 0.3) is 0 Å². The van der Waals surface area contributed by atoms with Crippen LogP contribution in [-0.4, -0.2) is 31.1 Å². The van der Waals surface area contributed by atoms with Gasteiger partial charge in [0.05, 0.1) is 0 Å². The van der Waals surface area contributed by atoms with Crippen molar-refractivity contribution in [3.63, 3.8) is 0 Å². The van der Waals surface area contributed by atoms with Gasteiger partial charge in [0.15, 0.2) is 0 Å². The van der Waals surface area contributed by atoms with Crippen molar-refractivity contribution in [2.24, 2.45) is 5.92 Å². The number of halogens is 4. The summed E-state index contributed by atoms with van der Waals surface area (Å²) < 4.78 is 13.4. The van der Waals surface area contributed by atoms with Gasteiger partial charge in [0, 0.05) is 37.2 Å². The Morgan fingerprint density at radius 1 is 1.09 bits per heavy atom. The molecule has 1 aliphatic carbocycles. The Balaban J connectivity index is 0.00000132. The number of hydrogen-bond donors (Lipinski definition) is 1. The molecule has 23 heavy (non-hydrogen) atoms. The fraction of sp³-hybridized carbons (Fsp3) is 0.647. The fourth-order valence-corrected chi connectivity index (χ4v) is 4.18. The first-order valence-electron chi connectivity index (χ1n) is 8.15. The molecule has 1 saturated carbocycles. The number of nitrogens with zero attached hydrogens (tertiary/aromatic N) is 1. The molecule has 0 aromatic heterocycles. The Labute approximate surface area is 156 Å². The second-order valence-corrected chi connectivity index (χ2v) is 6.70. The summed E-state index contributed by atoms with van der Waals surface area (Å²) in [6.45, 7) is 4.16. The van der Waals surface area contributed by atoms with E-state index in [2.05, 4.69) is 10.2 Å². The van der Waals surface area contributed by atoms with Gasteiger partial charge >= 0.3 is 0 Å². The molecule has 0 bridgehead atoms. The average Bonchev–Trinajstić information content (AvgIpc) is 2.52. The van der Waals surface area contributed by atoms with Gasteiger partial charge in [-0.05, 0) is 36.5 Å². The van der Waals surface area contributed by atoms with Crippen LogP contribution in [0.5, 0.6) is 0 Å². The summed E-state index contributed by atoms with van der Waals surface area (Å²) in [6.07, 6.45) is 6.50. The predicted octanol–water partition coefficient (Wildman–Crippen LogP) is 4.85. The molecular formula is C17H26Cl3FN2. The van der Waals surface area contributed by atoms with Gasteiger partial charge in [-0.25, -0.2) is 4.39 Å². The quantitative estimate of drug-likeness (QED) is 0.802. The van der Waals surface area contributed by atoms with Crippen LogP contribution < -0.4 is 5.32 Å². The minimum absolute atomic E-state index is 0. The third kappa shape index (κ3) is 5.20. The molecule has 0 amide bonds. The molecule has 0 unspecified atom stereocenters. The SMILES string of the molecule is Cl.Cl.Fc1ccc([C@@H](C2CCCCC2)N2CCNCC2)c(Cl)c1. The summed E-state index contributed by atoms with van der Waals surface area (Å²) >= 11 is 6.38. The first kappa shape index (κ1) is 21.0. The van der Waals surface area contributed by atoms with Crippen molar-refractivity contribution in [1.29, 1.82) is 0 Å². The highest BCUT2D eigenvalue weighted by atomic mass is 35.5. The zero-order chi connectivity index (χ0) is 14.7. The first-order chi connectivity index (χ1) is 10.3. The Morgan fingerprint density at radius 3 is 2.35 bits per heavy atom. The first-order valence-corrected chi connectivity index (χ1v) is 8.53. The number of benzene rings is 1. The van der Waals surface area contributed by atoms with Crippen LogP contribution in [0, 0.1) is 11.7 Å². The van der Waals surface area contributed by atoms with Gasteiger partial charge in [0.25, 0.3) is 0 Å². The largest absolute Gasteiger partial charge is 0.314 e. The van der Waals surface area contributed by atoms with Crippen molar-refractivity contribution < 1.29 is 4.39 Å². The predicted molar refractivity (Wildman–Crippen MR) is 99.7 cm³/mol. The molecule has 1 saturated heterocycles. The lowest BCUT2D eigenvalue weighted by Gasteiger charge is -2.41. The molecule has 2 nitrogen and oxygen atoms in total. The van der Waals surface area contributed by atoms with E-state index in [9.17, 15) is 4.39 Å². The smallest absolute Gasteiger partial charge is 0.124 e. The number of nitrogens with one attached hydrogen (secondary N) is 1. The van der Waals surface area contributed by atoms with E-state index in [1.165, 1.54) is 38.2 Å². The van der Waals surface area contributed by atoms with Crippen molar-refractivity contribution in [1.82, 2.24) is 10.2 Å². The van der Waals surface area contributed by atoms with E-state index in [0.717, 1.165) is 31.7 Å². The second-order valence-electron chi connectivity index (χ2n) is 6.29. The maximum Gasteiger partial charge on any atom is 0.124 e. The second kappa shape index (κ2) is 10.0. The van der Waals surface area contributed by atoms with Crippen molar-refractivity contribution >= 4 is 36.4 Å². The molecule has 2 aliphatic rings. The zero-order valence-corrected chi connectivity index (χ0v) is 15.7. The van der Waals surface area contributed by atoms with E-state index in [1.54, 1.807) is 6.07 Å². The van der Waals surface area contributed by atoms with Crippen LogP contribution in [0.4, 0.5) is 4.39 Å². The van der Waals surface area contributed by atoms with Gasteiger partial charge in [-0.1, -0.05) is 36.9 Å². The Hall–Kier alpha value is -0.0600. The van der Waals surface area contributed by atoms with Crippen LogP contribution >= 0.6 is 36.4 Å². The van der Waals surface area contributed by atoms with E-state index in [4.69, 9.17) is 11.6 Å². The van der Waals surface area contributed by atoms with Crippen molar-refractivity contribution in [3.05, 3.63) is 34.6 Å². The molecule has 1 heterocycles. The van der Waals surface area contributed by atoms with Crippen LogP contribution in [0.3, 0.4) is 0 Å². The van der Waals surface area contributed by atoms with Gasteiger partial charge in [-0.2, -0.15) is 0 Å². The van der Waals surface area contributed by atoms with Crippen molar-refractivity contribution in [2.45, 2.75) is 38.1 Å². The van der Waals surface area contributed by atoms with Crippen LogP contribution in [0.2, 0.25) is 5.02 Å². The van der Waals surface area contributed by atoms with E-state index < -0.39 is 0 Å². The highest BCUT2D eigenvalue weighted by Crippen LogP contribution is 2.41. The van der Waals surface area contributed by atoms with Gasteiger partial charge < -0.3 is 5.32 Å². The zero-order valence-electron chi connectivity index (χ0n) is 13.3. The highest BCUT2D eigenvalue weighted by molar-refractivity contribution is 6.31. The summed E-state index contributed by atoms with van der Waals surface area (Å²) in [4.78, 5) is 2.55. The lowest BCUT2D eigenvalue weighted by molar-refractivity contribution is 0.103. The molecule has 132 valence electrons. The molecule has 1 aromatic carbocycles. The summed E-state index contributed by atoms with van der Waals surface area (Å²) in [7, 11) is 0. The van der Waals surface area contributed by atoms with Crippen molar-refractivity contribution in [2.75, 3.05) is 26.2 Å². The number of piperazine rings is 1. The molecular weight excluding hydrogens is 358 g/mol. The fourth-order valence-electron chi connectivity index (χ4n) is 3.90. The third-order valence-corrected chi connectivity index (χ3v) is 5.25. The summed E-state index contributed by atoms with van der Waals surface area (Å²) in [5.74, 6) is 0.409. The highest BCUT2D eigenvalue weighted by Gasteiger charge is 2.32. The van der Waals surface area contributed by atoms with Gasteiger partial charge in [0.2, 0.25) is 0 Å². The van der Waals surface area contributed by atoms with Crippen molar-refractivity contribution in [3.8, 4) is 0 Å². The molecule has 6 heteroatoms. The molecule has 1 atom stereocenters. The van der Waals surface area contributed by atoms with Gasteiger partial charge in [0.1, 0.15) is 5.82 Å². The standard InChI is InChI=1S/C17H24ClFN2.2ClH/c18-16-12-14(19)6-7-15(16)17(13-4-2-1-3-5-13)21-10-8-20-9-11-21;;/h6-7,12-13,17,20H,1-5,8-11H2;2*1H/t17-;;/m1../s1. The molecule has 1 aliphatic heterocycles. The van der Waals surface area contributed by atoms with E-state index in [1.807, 2.05) is 6.07 Å². The summed E-state index contributed by atoms with van der Waals surface area (Å²) in [5.41, 5.74) is 1.12.